The molecule has 0 aliphatic rings. The lowest BCUT2D eigenvalue weighted by Crippen LogP contribution is -2.05. The van der Waals surface area contributed by atoms with Gasteiger partial charge in [0.25, 0.3) is 0 Å². The van der Waals surface area contributed by atoms with Crippen molar-refractivity contribution in [3.05, 3.63) is 61.5 Å². The third kappa shape index (κ3) is 2.90. The SMILES string of the molecule is Cc1cc(C(=O)c2ccc(Br)c(N)c2)c(C)cc1Br. The van der Waals surface area contributed by atoms with E-state index in [4.69, 9.17) is 5.73 Å². The van der Waals surface area contributed by atoms with Gasteiger partial charge in [-0.05, 0) is 71.2 Å². The molecule has 0 aromatic heterocycles. The van der Waals surface area contributed by atoms with Crippen LogP contribution in [0.1, 0.15) is 27.0 Å². The highest BCUT2D eigenvalue weighted by atomic mass is 79.9. The van der Waals surface area contributed by atoms with Gasteiger partial charge in [0, 0.05) is 25.8 Å². The summed E-state index contributed by atoms with van der Waals surface area (Å²) in [5.74, 6) is -0.00713. The summed E-state index contributed by atoms with van der Waals surface area (Å²) in [5, 5.41) is 0. The van der Waals surface area contributed by atoms with Gasteiger partial charge in [-0.15, -0.1) is 0 Å². The fourth-order valence-corrected chi connectivity index (χ4v) is 2.57. The molecule has 0 aliphatic carbocycles. The standard InChI is InChI=1S/C15H13Br2NO/c1-8-6-13(17)9(2)5-11(8)15(19)10-3-4-12(16)14(18)7-10/h3-7H,18H2,1-2H3. The Kier molecular flexibility index (Phi) is 4.11. The fraction of sp³-hybridized carbons (Fsp3) is 0.133. The molecule has 0 amide bonds. The molecule has 2 nitrogen and oxygen atoms in total. The maximum absolute atomic E-state index is 12.5. The molecule has 19 heavy (non-hydrogen) atoms. The summed E-state index contributed by atoms with van der Waals surface area (Å²) >= 11 is 6.80. The van der Waals surface area contributed by atoms with Crippen LogP contribution >= 0.6 is 31.9 Å². The van der Waals surface area contributed by atoms with Crippen LogP contribution in [0, 0.1) is 13.8 Å². The first kappa shape index (κ1) is 14.3. The Hall–Kier alpha value is -1.13. The van der Waals surface area contributed by atoms with Crippen LogP contribution in [0.15, 0.2) is 39.3 Å². The van der Waals surface area contributed by atoms with E-state index in [0.29, 0.717) is 16.8 Å². The lowest BCUT2D eigenvalue weighted by molar-refractivity contribution is 0.103. The van der Waals surface area contributed by atoms with Crippen molar-refractivity contribution in [1.29, 1.82) is 0 Å². The number of anilines is 1. The first-order valence-corrected chi connectivity index (χ1v) is 7.35. The second-order valence-corrected chi connectivity index (χ2v) is 6.19. The number of hydrogen-bond acceptors (Lipinski definition) is 2. The lowest BCUT2D eigenvalue weighted by Gasteiger charge is -2.09. The van der Waals surface area contributed by atoms with E-state index >= 15 is 0 Å². The molecule has 4 heteroatoms. The number of rotatable bonds is 2. The second-order valence-electron chi connectivity index (χ2n) is 4.48. The molecule has 0 fully saturated rings. The molecule has 0 atom stereocenters. The number of nitrogen functional groups attached to an aromatic ring is 1. The Morgan fingerprint density at radius 2 is 1.68 bits per heavy atom. The van der Waals surface area contributed by atoms with Crippen LogP contribution < -0.4 is 5.73 Å². The Labute approximate surface area is 129 Å². The molecule has 2 rings (SSSR count). The van der Waals surface area contributed by atoms with Gasteiger partial charge in [0.05, 0.1) is 0 Å². The van der Waals surface area contributed by atoms with Crippen molar-refractivity contribution < 1.29 is 4.79 Å². The van der Waals surface area contributed by atoms with Gasteiger partial charge in [-0.3, -0.25) is 4.79 Å². The van der Waals surface area contributed by atoms with Gasteiger partial charge < -0.3 is 5.73 Å². The Balaban J connectivity index is 2.49. The van der Waals surface area contributed by atoms with Crippen LogP contribution in [-0.2, 0) is 0 Å². The van der Waals surface area contributed by atoms with E-state index in [1.165, 1.54) is 0 Å². The summed E-state index contributed by atoms with van der Waals surface area (Å²) in [6.45, 7) is 3.90. The molecule has 0 radical (unpaired) electrons. The second kappa shape index (κ2) is 5.47. The molecule has 98 valence electrons. The number of benzene rings is 2. The maximum Gasteiger partial charge on any atom is 0.193 e. The van der Waals surface area contributed by atoms with Crippen LogP contribution in [-0.4, -0.2) is 5.78 Å². The van der Waals surface area contributed by atoms with Crippen molar-refractivity contribution >= 4 is 43.3 Å². The average Bonchev–Trinajstić information content (AvgIpc) is 2.36. The first-order chi connectivity index (χ1) is 8.90. The largest absolute Gasteiger partial charge is 0.398 e. The third-order valence-corrected chi connectivity index (χ3v) is 4.58. The van der Waals surface area contributed by atoms with Crippen LogP contribution in [0.25, 0.3) is 0 Å². The average molecular weight is 383 g/mol. The van der Waals surface area contributed by atoms with Crippen molar-refractivity contribution in [2.24, 2.45) is 0 Å². The van der Waals surface area contributed by atoms with Crippen LogP contribution in [0.5, 0.6) is 0 Å². The van der Waals surface area contributed by atoms with Gasteiger partial charge in [-0.25, -0.2) is 0 Å². The number of nitrogens with two attached hydrogens (primary N) is 1. The molecule has 0 bridgehead atoms. The molecular weight excluding hydrogens is 370 g/mol. The fourth-order valence-electron chi connectivity index (χ4n) is 1.87. The summed E-state index contributed by atoms with van der Waals surface area (Å²) in [6, 6.07) is 9.14. The Bertz CT molecular complexity index is 665. The predicted molar refractivity (Wildman–Crippen MR) is 85.6 cm³/mol. The zero-order valence-electron chi connectivity index (χ0n) is 10.6. The molecule has 0 saturated heterocycles. The van der Waals surface area contributed by atoms with E-state index in [-0.39, 0.29) is 5.78 Å². The van der Waals surface area contributed by atoms with Crippen molar-refractivity contribution in [1.82, 2.24) is 0 Å². The van der Waals surface area contributed by atoms with Gasteiger partial charge in [0.2, 0.25) is 0 Å². The van der Waals surface area contributed by atoms with Crippen molar-refractivity contribution in [3.63, 3.8) is 0 Å². The van der Waals surface area contributed by atoms with Crippen LogP contribution in [0.4, 0.5) is 5.69 Å². The van der Waals surface area contributed by atoms with Gasteiger partial charge in [0.15, 0.2) is 5.78 Å². The van der Waals surface area contributed by atoms with E-state index in [0.717, 1.165) is 20.1 Å². The summed E-state index contributed by atoms with van der Waals surface area (Å²) in [4.78, 5) is 12.5. The van der Waals surface area contributed by atoms with Crippen molar-refractivity contribution in [2.45, 2.75) is 13.8 Å². The van der Waals surface area contributed by atoms with Crippen LogP contribution in [0.3, 0.4) is 0 Å². The lowest BCUT2D eigenvalue weighted by atomic mass is 9.97. The van der Waals surface area contributed by atoms with E-state index in [2.05, 4.69) is 31.9 Å². The summed E-state index contributed by atoms with van der Waals surface area (Å²) in [5.41, 5.74) is 9.69. The summed E-state index contributed by atoms with van der Waals surface area (Å²) < 4.78 is 1.81. The number of carbonyl (C=O) groups is 1. The van der Waals surface area contributed by atoms with Crippen molar-refractivity contribution in [2.75, 3.05) is 5.73 Å². The van der Waals surface area contributed by atoms with E-state index in [9.17, 15) is 4.79 Å². The van der Waals surface area contributed by atoms with Crippen molar-refractivity contribution in [3.8, 4) is 0 Å². The molecule has 2 N–H and O–H groups in total. The highest BCUT2D eigenvalue weighted by Gasteiger charge is 2.14. The van der Waals surface area contributed by atoms with Gasteiger partial charge in [0.1, 0.15) is 0 Å². The van der Waals surface area contributed by atoms with Gasteiger partial charge in [-0.1, -0.05) is 15.9 Å². The number of carbonyl (C=O) groups excluding carboxylic acids is 1. The smallest absolute Gasteiger partial charge is 0.193 e. The molecule has 0 spiro atoms. The monoisotopic (exact) mass is 381 g/mol. The molecule has 0 saturated carbocycles. The first-order valence-electron chi connectivity index (χ1n) is 5.76. The minimum atomic E-state index is -0.00713. The normalized spacial score (nSPS) is 10.5. The molecular formula is C15H13Br2NO. The highest BCUT2D eigenvalue weighted by Crippen LogP contribution is 2.25. The van der Waals surface area contributed by atoms with Gasteiger partial charge in [-0.2, -0.15) is 0 Å². The minimum Gasteiger partial charge on any atom is -0.398 e. The maximum atomic E-state index is 12.5. The molecule has 0 aliphatic heterocycles. The van der Waals surface area contributed by atoms with E-state index in [1.54, 1.807) is 18.2 Å². The molecule has 0 heterocycles. The number of halogens is 2. The highest BCUT2D eigenvalue weighted by molar-refractivity contribution is 9.10. The van der Waals surface area contributed by atoms with Gasteiger partial charge >= 0.3 is 0 Å². The number of ketones is 1. The zero-order valence-corrected chi connectivity index (χ0v) is 13.8. The van der Waals surface area contributed by atoms with E-state index in [1.807, 2.05) is 26.0 Å². The summed E-state index contributed by atoms with van der Waals surface area (Å²) in [7, 11) is 0. The molecule has 2 aromatic carbocycles. The topological polar surface area (TPSA) is 43.1 Å². The third-order valence-electron chi connectivity index (χ3n) is 3.01. The quantitative estimate of drug-likeness (QED) is 0.607. The zero-order chi connectivity index (χ0) is 14.2. The van der Waals surface area contributed by atoms with E-state index < -0.39 is 0 Å². The molecule has 2 aromatic rings. The predicted octanol–water partition coefficient (Wildman–Crippen LogP) is 4.64. The number of hydrogen-bond donors (Lipinski definition) is 1. The number of aryl methyl sites for hydroxylation is 2. The molecule has 0 unspecified atom stereocenters. The Morgan fingerprint density at radius 1 is 1.00 bits per heavy atom. The summed E-state index contributed by atoms with van der Waals surface area (Å²) in [6.07, 6.45) is 0. The minimum absolute atomic E-state index is 0.00713. The Morgan fingerprint density at radius 3 is 2.32 bits per heavy atom. The van der Waals surface area contributed by atoms with Crippen LogP contribution in [0.2, 0.25) is 0 Å².